The summed E-state index contributed by atoms with van der Waals surface area (Å²) in [5, 5.41) is 0. The highest BCUT2D eigenvalue weighted by molar-refractivity contribution is 6.12. The van der Waals surface area contributed by atoms with E-state index in [4.69, 9.17) is 17.6 Å². The van der Waals surface area contributed by atoms with Crippen molar-refractivity contribution < 1.29 is 0 Å². The van der Waals surface area contributed by atoms with Crippen LogP contribution in [0.1, 0.15) is 13.3 Å². The molecule has 0 atom stereocenters. The van der Waals surface area contributed by atoms with Crippen LogP contribution in [-0.4, -0.2) is 11.1 Å². The lowest BCUT2D eigenvalue weighted by atomic mass is 10.5. The number of rotatable bonds is 2. The Morgan fingerprint density at radius 1 is 1.83 bits per heavy atom. The molecule has 0 aliphatic heterocycles. The van der Waals surface area contributed by atoms with Crippen molar-refractivity contribution in [3.63, 3.8) is 0 Å². The zero-order valence-corrected chi connectivity index (χ0v) is 4.57. The normalized spacial score (nSPS) is 10.0. The van der Waals surface area contributed by atoms with Gasteiger partial charge in [-0.3, -0.25) is 5.84 Å². The molecule has 0 heterocycles. The fourth-order valence-electron chi connectivity index (χ4n) is 0.214. The molecule has 0 aromatic heterocycles. The summed E-state index contributed by atoms with van der Waals surface area (Å²) in [7, 11) is 0. The number of hydrogen-bond acceptors (Lipinski definition) is 2. The molecule has 6 heavy (non-hydrogen) atoms. The van der Waals surface area contributed by atoms with E-state index in [0.717, 1.165) is 17.5 Å². The molecular weight excluding hydrogens is 99.5 g/mol. The lowest BCUT2D eigenvalue weighted by Gasteiger charge is -1.99. The molecule has 0 rings (SSSR count). The van der Waals surface area contributed by atoms with E-state index in [2.05, 4.69) is 0 Å². The number of nitrogens with two attached hydrogens (primary N) is 1. The van der Waals surface area contributed by atoms with Gasteiger partial charge in [-0.05, 0) is 18.2 Å². The Morgan fingerprint density at radius 3 is 2.33 bits per heavy atom. The van der Waals surface area contributed by atoms with E-state index in [0.29, 0.717) is 0 Å². The Hall–Kier alpha value is 0.210. The Balaban J connectivity index is 2.63. The van der Waals surface area contributed by atoms with Crippen LogP contribution in [0.25, 0.3) is 0 Å². The second-order valence-corrected chi connectivity index (χ2v) is 1.56. The van der Waals surface area contributed by atoms with Crippen LogP contribution in [0.15, 0.2) is 0 Å². The molecule has 0 spiro atoms. The third-order valence-electron chi connectivity index (χ3n) is 0.437. The van der Waals surface area contributed by atoms with Crippen LogP contribution in [0, 0.1) is 0 Å². The molecule has 2 N–H and O–H groups in total. The Morgan fingerprint density at radius 2 is 2.33 bits per heavy atom. The Kier molecular flexibility index (Phi) is 3.52. The Bertz CT molecular complexity index is 30.0. The zero-order valence-electron chi connectivity index (χ0n) is 3.82. The zero-order chi connectivity index (χ0) is 4.99. The molecule has 0 aromatic carbocycles. The summed E-state index contributed by atoms with van der Waals surface area (Å²) in [6.45, 7) is 2.77. The monoisotopic (exact) mass is 108 g/mol. The van der Waals surface area contributed by atoms with E-state index < -0.39 is 0 Å². The van der Waals surface area contributed by atoms with Crippen molar-refractivity contribution in [1.82, 2.24) is 4.53 Å². The second-order valence-electron chi connectivity index (χ2n) is 1.12. The van der Waals surface area contributed by atoms with Crippen LogP contribution in [0.5, 0.6) is 0 Å². The number of hydrazine groups is 1. The van der Waals surface area contributed by atoms with Gasteiger partial charge in [-0.2, -0.15) is 4.53 Å². The van der Waals surface area contributed by atoms with Crippen molar-refractivity contribution in [3.8, 4) is 0 Å². The van der Waals surface area contributed by atoms with Gasteiger partial charge in [0, 0.05) is 6.54 Å². The highest BCUT2D eigenvalue weighted by atomic mass is 35.5. The first-order chi connectivity index (χ1) is 2.77. The molecule has 0 aromatic rings. The van der Waals surface area contributed by atoms with Gasteiger partial charge in [0.15, 0.2) is 0 Å². The molecule has 0 aliphatic rings. The van der Waals surface area contributed by atoms with Gasteiger partial charge in [0.25, 0.3) is 0 Å². The van der Waals surface area contributed by atoms with Crippen LogP contribution in [0.2, 0.25) is 0 Å². The molecule has 3 heteroatoms. The fourth-order valence-corrected chi connectivity index (χ4v) is 0.383. The highest BCUT2D eigenvalue weighted by Crippen LogP contribution is 1.83. The maximum absolute atomic E-state index is 5.19. The van der Waals surface area contributed by atoms with Crippen molar-refractivity contribution in [2.45, 2.75) is 13.3 Å². The summed E-state index contributed by atoms with van der Waals surface area (Å²) in [5.74, 6) is 5.00. The highest BCUT2D eigenvalue weighted by Gasteiger charge is 1.83. The van der Waals surface area contributed by atoms with Gasteiger partial charge in [-0.1, -0.05) is 6.92 Å². The molecule has 0 aliphatic carbocycles. The van der Waals surface area contributed by atoms with Gasteiger partial charge in [0.05, 0.1) is 0 Å². The van der Waals surface area contributed by atoms with E-state index in [1.54, 1.807) is 0 Å². The van der Waals surface area contributed by atoms with E-state index in [1.807, 2.05) is 6.92 Å². The summed E-state index contributed by atoms with van der Waals surface area (Å²) in [4.78, 5) is 0. The third-order valence-corrected chi connectivity index (χ3v) is 0.606. The summed E-state index contributed by atoms with van der Waals surface area (Å²) in [5.41, 5.74) is 0. The van der Waals surface area contributed by atoms with Gasteiger partial charge in [0.1, 0.15) is 0 Å². The van der Waals surface area contributed by atoms with E-state index in [1.165, 1.54) is 0 Å². The van der Waals surface area contributed by atoms with Crippen molar-refractivity contribution in [2.75, 3.05) is 6.54 Å². The molecule has 0 amide bonds. The topological polar surface area (TPSA) is 29.3 Å². The molecule has 0 fully saturated rings. The van der Waals surface area contributed by atoms with Gasteiger partial charge < -0.3 is 0 Å². The van der Waals surface area contributed by atoms with Crippen molar-refractivity contribution >= 4 is 11.8 Å². The molecule has 0 radical (unpaired) electrons. The first kappa shape index (κ1) is 6.21. The molecule has 0 bridgehead atoms. The smallest absolute Gasteiger partial charge is 0.0291 e. The third kappa shape index (κ3) is 4.21. The second kappa shape index (κ2) is 3.40. The van der Waals surface area contributed by atoms with Gasteiger partial charge >= 0.3 is 0 Å². The van der Waals surface area contributed by atoms with Crippen molar-refractivity contribution in [2.24, 2.45) is 5.84 Å². The Labute approximate surface area is 43.0 Å². The van der Waals surface area contributed by atoms with Crippen LogP contribution in [0.3, 0.4) is 0 Å². The average Bonchev–Trinajstić information content (AvgIpc) is 1.35. The maximum Gasteiger partial charge on any atom is 0.0291 e. The first-order valence-electron chi connectivity index (χ1n) is 1.95. The van der Waals surface area contributed by atoms with E-state index in [-0.39, 0.29) is 0 Å². The minimum atomic E-state index is 0.752. The lowest BCUT2D eigenvalue weighted by molar-refractivity contribution is 0.478. The molecule has 2 nitrogen and oxygen atoms in total. The van der Waals surface area contributed by atoms with Crippen LogP contribution < -0.4 is 5.84 Å². The number of hydrogen-bond donors (Lipinski definition) is 1. The summed E-state index contributed by atoms with van der Waals surface area (Å²) in [6, 6.07) is 0. The van der Waals surface area contributed by atoms with E-state index >= 15 is 0 Å². The van der Waals surface area contributed by atoms with Crippen LogP contribution >= 0.6 is 11.8 Å². The maximum atomic E-state index is 5.19. The number of nitrogens with zero attached hydrogens (tertiary/aromatic N) is 1. The molecule has 0 saturated carbocycles. The molecule has 0 unspecified atom stereocenters. The standard InChI is InChI=1S/C3H9ClN2/c1-2-3-6(4)5/h2-3,5H2,1H3. The van der Waals surface area contributed by atoms with Crippen LogP contribution in [-0.2, 0) is 0 Å². The van der Waals surface area contributed by atoms with Gasteiger partial charge in [-0.25, -0.2) is 0 Å². The predicted molar refractivity (Wildman–Crippen MR) is 27.0 cm³/mol. The molecule has 0 saturated heterocycles. The van der Waals surface area contributed by atoms with Gasteiger partial charge in [0.2, 0.25) is 0 Å². The SMILES string of the molecule is CCCN(N)Cl. The molecule has 38 valence electrons. The lowest BCUT2D eigenvalue weighted by Crippen LogP contribution is -2.19. The summed E-state index contributed by atoms with van der Waals surface area (Å²) < 4.78 is 1.15. The molecular formula is C3H9ClN2. The summed E-state index contributed by atoms with van der Waals surface area (Å²) in [6.07, 6.45) is 1.00. The largest absolute Gasteiger partial charge is 0.254 e. The first-order valence-corrected chi connectivity index (χ1v) is 2.29. The van der Waals surface area contributed by atoms with E-state index in [9.17, 15) is 0 Å². The van der Waals surface area contributed by atoms with Crippen molar-refractivity contribution in [1.29, 1.82) is 0 Å². The minimum Gasteiger partial charge on any atom is -0.254 e. The van der Waals surface area contributed by atoms with Gasteiger partial charge in [-0.15, -0.1) is 0 Å². The minimum absolute atomic E-state index is 0.752. The fraction of sp³-hybridized carbons (Fsp3) is 1.00. The van der Waals surface area contributed by atoms with Crippen molar-refractivity contribution in [3.05, 3.63) is 0 Å². The average molecular weight is 109 g/mol. The van der Waals surface area contributed by atoms with Crippen LogP contribution in [0.4, 0.5) is 0 Å². The quantitative estimate of drug-likeness (QED) is 0.321. The summed E-state index contributed by atoms with van der Waals surface area (Å²) >= 11 is 5.19. The predicted octanol–water partition coefficient (Wildman–Crippen LogP) is 0.726. The number of halogens is 1.